The summed E-state index contributed by atoms with van der Waals surface area (Å²) in [6.45, 7) is 1.98. The van der Waals surface area contributed by atoms with Crippen molar-refractivity contribution in [1.82, 2.24) is 0 Å². The molecule has 0 bridgehead atoms. The Bertz CT molecular complexity index is 698. The fraction of sp³-hybridized carbons (Fsp3) is 0.125. The van der Waals surface area contributed by atoms with Crippen LogP contribution in [0.5, 0.6) is 0 Å². The van der Waals surface area contributed by atoms with E-state index in [1.807, 2.05) is 19.1 Å². The van der Waals surface area contributed by atoms with E-state index in [1.54, 1.807) is 11.3 Å². The second kappa shape index (κ2) is 5.21. The summed E-state index contributed by atoms with van der Waals surface area (Å²) in [4.78, 5) is 1.14. The van der Waals surface area contributed by atoms with Gasteiger partial charge in [-0.3, -0.25) is 0 Å². The van der Waals surface area contributed by atoms with Crippen molar-refractivity contribution in [2.75, 3.05) is 5.32 Å². The van der Waals surface area contributed by atoms with Gasteiger partial charge in [0.2, 0.25) is 0 Å². The lowest BCUT2D eigenvalue weighted by atomic mass is 10.2. The summed E-state index contributed by atoms with van der Waals surface area (Å²) in [7, 11) is 0. The Kier molecular flexibility index (Phi) is 3.40. The van der Waals surface area contributed by atoms with E-state index in [2.05, 4.69) is 23.5 Å². The van der Waals surface area contributed by atoms with Crippen LogP contribution >= 0.6 is 11.3 Å². The summed E-state index contributed by atoms with van der Waals surface area (Å²) >= 11 is 1.68. The molecular formula is C16H13F2NS. The first kappa shape index (κ1) is 13.1. The lowest BCUT2D eigenvalue weighted by Crippen LogP contribution is -2.05. The fourth-order valence-corrected chi connectivity index (χ4v) is 3.24. The predicted molar refractivity (Wildman–Crippen MR) is 80.2 cm³/mol. The van der Waals surface area contributed by atoms with Gasteiger partial charge in [0.1, 0.15) is 11.6 Å². The molecule has 0 aliphatic carbocycles. The molecule has 3 aromatic rings. The molecule has 1 heterocycles. The van der Waals surface area contributed by atoms with E-state index >= 15 is 0 Å². The number of halogens is 2. The highest BCUT2D eigenvalue weighted by atomic mass is 32.1. The number of hydrogen-bond acceptors (Lipinski definition) is 2. The lowest BCUT2D eigenvalue weighted by molar-refractivity contribution is 0.583. The monoisotopic (exact) mass is 289 g/mol. The highest BCUT2D eigenvalue weighted by Gasteiger charge is 2.10. The first-order valence-corrected chi connectivity index (χ1v) is 7.14. The molecule has 0 saturated heterocycles. The molecule has 0 radical (unpaired) electrons. The van der Waals surface area contributed by atoms with Crippen LogP contribution in [0.15, 0.2) is 48.5 Å². The van der Waals surface area contributed by atoms with Crippen molar-refractivity contribution >= 4 is 27.1 Å². The molecule has 3 rings (SSSR count). The molecule has 1 atom stereocenters. The Morgan fingerprint density at radius 1 is 1.00 bits per heavy atom. The predicted octanol–water partition coefficient (Wildman–Crippen LogP) is 5.35. The maximum atomic E-state index is 13.2. The molecule has 0 spiro atoms. The van der Waals surface area contributed by atoms with E-state index in [1.165, 1.54) is 22.2 Å². The number of nitrogens with one attached hydrogen (secondary N) is 1. The molecule has 1 unspecified atom stereocenters. The largest absolute Gasteiger partial charge is 0.378 e. The topological polar surface area (TPSA) is 12.0 Å². The van der Waals surface area contributed by atoms with Gasteiger partial charge in [0, 0.05) is 21.3 Å². The molecule has 4 heteroatoms. The van der Waals surface area contributed by atoms with Crippen molar-refractivity contribution in [1.29, 1.82) is 0 Å². The zero-order valence-corrected chi connectivity index (χ0v) is 11.7. The van der Waals surface area contributed by atoms with Gasteiger partial charge >= 0.3 is 0 Å². The summed E-state index contributed by atoms with van der Waals surface area (Å²) in [6.07, 6.45) is 0. The summed E-state index contributed by atoms with van der Waals surface area (Å²) in [5.74, 6) is -1.15. The first-order valence-electron chi connectivity index (χ1n) is 6.33. The van der Waals surface area contributed by atoms with Gasteiger partial charge in [-0.2, -0.15) is 0 Å². The van der Waals surface area contributed by atoms with Crippen LogP contribution in [0.4, 0.5) is 14.5 Å². The van der Waals surface area contributed by atoms with E-state index < -0.39 is 11.6 Å². The van der Waals surface area contributed by atoms with Gasteiger partial charge in [0.15, 0.2) is 0 Å². The van der Waals surface area contributed by atoms with Crippen molar-refractivity contribution in [3.05, 3.63) is 65.0 Å². The molecule has 0 amide bonds. The second-order valence-electron chi connectivity index (χ2n) is 4.71. The summed E-state index contributed by atoms with van der Waals surface area (Å²) in [5.41, 5.74) is 0.451. The van der Waals surface area contributed by atoms with Crippen molar-refractivity contribution in [3.8, 4) is 0 Å². The summed E-state index contributed by atoms with van der Waals surface area (Å²) < 4.78 is 27.6. The summed E-state index contributed by atoms with van der Waals surface area (Å²) in [5, 5.41) is 4.32. The van der Waals surface area contributed by atoms with Crippen LogP contribution < -0.4 is 5.32 Å². The van der Waals surface area contributed by atoms with Gasteiger partial charge in [0.25, 0.3) is 0 Å². The van der Waals surface area contributed by atoms with Crippen LogP contribution in [0, 0.1) is 11.6 Å². The van der Waals surface area contributed by atoms with Gasteiger partial charge in [-0.1, -0.05) is 18.2 Å². The van der Waals surface area contributed by atoms with Gasteiger partial charge in [-0.25, -0.2) is 8.78 Å². The quantitative estimate of drug-likeness (QED) is 0.685. The van der Waals surface area contributed by atoms with Crippen LogP contribution in [0.25, 0.3) is 10.1 Å². The summed E-state index contributed by atoms with van der Waals surface area (Å²) in [6, 6.07) is 13.7. The highest BCUT2D eigenvalue weighted by molar-refractivity contribution is 7.19. The zero-order chi connectivity index (χ0) is 14.1. The van der Waals surface area contributed by atoms with Crippen LogP contribution in [-0.4, -0.2) is 0 Å². The van der Waals surface area contributed by atoms with E-state index in [0.29, 0.717) is 5.69 Å². The standard InChI is InChI=1S/C16H13F2NS/c1-10(19-14-8-12(17)7-13(18)9-14)16-6-11-4-2-3-5-15(11)20-16/h2-10,19H,1H3. The second-order valence-corrected chi connectivity index (χ2v) is 5.83. The van der Waals surface area contributed by atoms with Gasteiger partial charge in [0.05, 0.1) is 6.04 Å². The normalized spacial score (nSPS) is 12.6. The Morgan fingerprint density at radius 3 is 2.40 bits per heavy atom. The average molecular weight is 289 g/mol. The van der Waals surface area contributed by atoms with Gasteiger partial charge in [-0.15, -0.1) is 11.3 Å². The van der Waals surface area contributed by atoms with Crippen LogP contribution in [0.1, 0.15) is 17.8 Å². The SMILES string of the molecule is CC(Nc1cc(F)cc(F)c1)c1cc2ccccc2s1. The third-order valence-electron chi connectivity index (χ3n) is 3.12. The maximum absolute atomic E-state index is 13.2. The highest BCUT2D eigenvalue weighted by Crippen LogP contribution is 2.31. The van der Waals surface area contributed by atoms with Gasteiger partial charge < -0.3 is 5.32 Å². The number of rotatable bonds is 3. The van der Waals surface area contributed by atoms with Crippen LogP contribution in [0.3, 0.4) is 0 Å². The molecule has 0 fully saturated rings. The smallest absolute Gasteiger partial charge is 0.128 e. The van der Waals surface area contributed by atoms with E-state index in [0.717, 1.165) is 10.9 Å². The Morgan fingerprint density at radius 2 is 1.70 bits per heavy atom. The average Bonchev–Trinajstić information content (AvgIpc) is 2.81. The Balaban J connectivity index is 1.86. The number of fused-ring (bicyclic) bond motifs is 1. The maximum Gasteiger partial charge on any atom is 0.128 e. The van der Waals surface area contributed by atoms with Crippen molar-refractivity contribution in [2.24, 2.45) is 0 Å². The minimum atomic E-state index is -0.573. The fourth-order valence-electron chi connectivity index (χ4n) is 2.17. The number of thiophene rings is 1. The molecule has 0 saturated carbocycles. The lowest BCUT2D eigenvalue weighted by Gasteiger charge is -2.13. The van der Waals surface area contributed by atoms with Crippen LogP contribution in [-0.2, 0) is 0 Å². The van der Waals surface area contributed by atoms with E-state index in [9.17, 15) is 8.78 Å². The van der Waals surface area contributed by atoms with E-state index in [-0.39, 0.29) is 6.04 Å². The Hall–Kier alpha value is -1.94. The molecule has 2 aromatic carbocycles. The minimum Gasteiger partial charge on any atom is -0.378 e. The molecule has 1 nitrogen and oxygen atoms in total. The van der Waals surface area contributed by atoms with Crippen LogP contribution in [0.2, 0.25) is 0 Å². The molecule has 102 valence electrons. The number of benzene rings is 2. The molecule has 20 heavy (non-hydrogen) atoms. The number of hydrogen-bond donors (Lipinski definition) is 1. The number of anilines is 1. The molecular weight excluding hydrogens is 276 g/mol. The van der Waals surface area contributed by atoms with E-state index in [4.69, 9.17) is 0 Å². The van der Waals surface area contributed by atoms with Crippen molar-refractivity contribution < 1.29 is 8.78 Å². The van der Waals surface area contributed by atoms with Crippen molar-refractivity contribution in [2.45, 2.75) is 13.0 Å². The van der Waals surface area contributed by atoms with Crippen molar-refractivity contribution in [3.63, 3.8) is 0 Å². The Labute approximate surface area is 119 Å². The molecule has 0 aliphatic rings. The molecule has 1 aromatic heterocycles. The molecule has 1 N–H and O–H groups in total. The third kappa shape index (κ3) is 2.65. The molecule has 0 aliphatic heterocycles. The first-order chi connectivity index (χ1) is 9.61. The van der Waals surface area contributed by atoms with Gasteiger partial charge in [-0.05, 0) is 36.6 Å². The third-order valence-corrected chi connectivity index (χ3v) is 4.42. The minimum absolute atomic E-state index is 0.00593. The zero-order valence-electron chi connectivity index (χ0n) is 10.9.